The number of nitrogens with zero attached hydrogens (tertiary/aromatic N) is 5. The summed E-state index contributed by atoms with van der Waals surface area (Å²) in [5, 5.41) is 5.70. The fraction of sp³-hybridized carbons (Fsp3) is 0.333. The van der Waals surface area contributed by atoms with Crippen molar-refractivity contribution in [2.45, 2.75) is 39.2 Å². The van der Waals surface area contributed by atoms with Crippen LogP contribution in [0.3, 0.4) is 0 Å². The number of hydrogen-bond donors (Lipinski definition) is 1. The first-order chi connectivity index (χ1) is 17.0. The summed E-state index contributed by atoms with van der Waals surface area (Å²) in [5.41, 5.74) is 8.63. The molecule has 0 saturated carbocycles. The number of piperidine rings is 1. The average molecular weight is 471 g/mol. The van der Waals surface area contributed by atoms with Gasteiger partial charge in [-0.05, 0) is 55.2 Å². The lowest BCUT2D eigenvalue weighted by Gasteiger charge is -2.33. The van der Waals surface area contributed by atoms with Crippen LogP contribution in [0.25, 0.3) is 22.3 Å². The van der Waals surface area contributed by atoms with Gasteiger partial charge in [-0.2, -0.15) is 5.10 Å². The molecule has 1 aliphatic rings. The largest absolute Gasteiger partial charge is 0.457 e. The van der Waals surface area contributed by atoms with Gasteiger partial charge in [0.25, 0.3) is 0 Å². The summed E-state index contributed by atoms with van der Waals surface area (Å²) in [5.74, 6) is 2.44. The summed E-state index contributed by atoms with van der Waals surface area (Å²) in [7, 11) is 0. The van der Waals surface area contributed by atoms with Crippen molar-refractivity contribution in [2.75, 3.05) is 18.8 Å². The Labute approximate surface area is 204 Å². The van der Waals surface area contributed by atoms with Gasteiger partial charge >= 0.3 is 0 Å². The Morgan fingerprint density at radius 1 is 1.09 bits per heavy atom. The highest BCUT2D eigenvalue weighted by atomic mass is 16.5. The molecule has 1 atom stereocenters. The second kappa shape index (κ2) is 9.74. The van der Waals surface area contributed by atoms with Crippen LogP contribution in [-0.2, 0) is 4.79 Å². The van der Waals surface area contributed by atoms with Crippen molar-refractivity contribution in [3.8, 4) is 22.8 Å². The maximum Gasteiger partial charge on any atom is 0.222 e. The number of amides is 1. The van der Waals surface area contributed by atoms with E-state index >= 15 is 0 Å². The molecule has 3 heterocycles. The molecule has 5 rings (SSSR count). The number of fused-ring (bicyclic) bond motifs is 1. The van der Waals surface area contributed by atoms with Gasteiger partial charge < -0.3 is 15.4 Å². The van der Waals surface area contributed by atoms with Crippen LogP contribution in [-0.4, -0.2) is 43.6 Å². The third kappa shape index (κ3) is 4.82. The SMILES string of the molecule is CC(C)CC(=O)N1CCCC(n2nc(-c3ccc(Oc4ccccc4)cc3)c3c(N)ncnc32)C1. The van der Waals surface area contributed by atoms with Crippen LogP contribution >= 0.6 is 0 Å². The highest BCUT2D eigenvalue weighted by Gasteiger charge is 2.28. The number of carbonyl (C=O) groups is 1. The zero-order chi connectivity index (χ0) is 24.4. The molecule has 4 aromatic rings. The number of likely N-dealkylation sites (tertiary alicyclic amines) is 1. The molecule has 0 radical (unpaired) electrons. The van der Waals surface area contributed by atoms with Gasteiger partial charge in [-0.3, -0.25) is 4.79 Å². The van der Waals surface area contributed by atoms with Crippen LogP contribution in [0.5, 0.6) is 11.5 Å². The average Bonchev–Trinajstić information content (AvgIpc) is 3.26. The van der Waals surface area contributed by atoms with E-state index in [9.17, 15) is 4.79 Å². The fourth-order valence-electron chi connectivity index (χ4n) is 4.62. The molecule has 1 amide bonds. The zero-order valence-corrected chi connectivity index (χ0v) is 20.1. The molecule has 2 aromatic carbocycles. The summed E-state index contributed by atoms with van der Waals surface area (Å²) < 4.78 is 7.87. The van der Waals surface area contributed by atoms with Gasteiger partial charge in [0.15, 0.2) is 5.65 Å². The first kappa shape index (κ1) is 22.8. The lowest BCUT2D eigenvalue weighted by molar-refractivity contribution is -0.133. The fourth-order valence-corrected chi connectivity index (χ4v) is 4.62. The minimum atomic E-state index is 0.0334. The molecule has 1 saturated heterocycles. The van der Waals surface area contributed by atoms with E-state index in [-0.39, 0.29) is 11.9 Å². The molecule has 35 heavy (non-hydrogen) atoms. The van der Waals surface area contributed by atoms with Crippen molar-refractivity contribution in [2.24, 2.45) is 5.92 Å². The van der Waals surface area contributed by atoms with Crippen molar-refractivity contribution < 1.29 is 9.53 Å². The summed E-state index contributed by atoms with van der Waals surface area (Å²) >= 11 is 0. The molecule has 8 nitrogen and oxygen atoms in total. The minimum absolute atomic E-state index is 0.0334. The van der Waals surface area contributed by atoms with Gasteiger partial charge in [0.2, 0.25) is 5.91 Å². The van der Waals surface area contributed by atoms with Crippen LogP contribution < -0.4 is 10.5 Å². The summed E-state index contributed by atoms with van der Waals surface area (Å²) in [4.78, 5) is 23.5. The molecule has 0 bridgehead atoms. The van der Waals surface area contributed by atoms with E-state index in [4.69, 9.17) is 15.6 Å². The van der Waals surface area contributed by atoms with Crippen LogP contribution in [0.4, 0.5) is 5.82 Å². The number of anilines is 1. The zero-order valence-electron chi connectivity index (χ0n) is 20.1. The van der Waals surface area contributed by atoms with Gasteiger partial charge in [0.1, 0.15) is 29.3 Å². The molecule has 2 aromatic heterocycles. The van der Waals surface area contributed by atoms with Gasteiger partial charge in [0, 0.05) is 25.1 Å². The molecule has 1 unspecified atom stereocenters. The van der Waals surface area contributed by atoms with Gasteiger partial charge in [-0.15, -0.1) is 0 Å². The van der Waals surface area contributed by atoms with E-state index in [1.165, 1.54) is 6.33 Å². The van der Waals surface area contributed by atoms with E-state index in [2.05, 4.69) is 23.8 Å². The van der Waals surface area contributed by atoms with E-state index in [0.717, 1.165) is 47.5 Å². The van der Waals surface area contributed by atoms with E-state index in [0.29, 0.717) is 30.3 Å². The first-order valence-corrected chi connectivity index (χ1v) is 12.1. The molecule has 8 heteroatoms. The summed E-state index contributed by atoms with van der Waals surface area (Å²) in [6.07, 6.45) is 3.89. The number of nitrogens with two attached hydrogens (primary N) is 1. The molecule has 0 spiro atoms. The molecular formula is C27H30N6O2. The van der Waals surface area contributed by atoms with E-state index in [1.807, 2.05) is 64.2 Å². The number of nitrogen functional groups attached to an aromatic ring is 1. The predicted octanol–water partition coefficient (Wildman–Crippen LogP) is 5.08. The number of ether oxygens (including phenoxy) is 1. The Hall–Kier alpha value is -3.94. The first-order valence-electron chi connectivity index (χ1n) is 12.1. The smallest absolute Gasteiger partial charge is 0.222 e. The number of para-hydroxylation sites is 1. The molecule has 0 aliphatic carbocycles. The number of hydrogen-bond acceptors (Lipinski definition) is 6. The Morgan fingerprint density at radius 3 is 2.57 bits per heavy atom. The second-order valence-electron chi connectivity index (χ2n) is 9.42. The molecule has 2 N–H and O–H groups in total. The number of rotatable bonds is 6. The van der Waals surface area contributed by atoms with Crippen molar-refractivity contribution in [3.05, 3.63) is 60.9 Å². The highest BCUT2D eigenvalue weighted by Crippen LogP contribution is 2.35. The standard InChI is InChI=1S/C27H30N6O2/c1-18(2)15-23(34)32-14-6-7-20(16-32)33-27-24(26(28)29-17-30-27)25(31-33)19-10-12-22(13-11-19)35-21-8-4-3-5-9-21/h3-5,8-13,17-18,20H,6-7,14-16H2,1-2H3,(H2,28,29,30). The normalized spacial score (nSPS) is 16.1. The van der Waals surface area contributed by atoms with Crippen LogP contribution in [0.1, 0.15) is 39.2 Å². The summed E-state index contributed by atoms with van der Waals surface area (Å²) in [6.45, 7) is 5.55. The topological polar surface area (TPSA) is 99.2 Å². The van der Waals surface area contributed by atoms with Crippen molar-refractivity contribution >= 4 is 22.8 Å². The van der Waals surface area contributed by atoms with Gasteiger partial charge in [-0.1, -0.05) is 32.0 Å². The van der Waals surface area contributed by atoms with Crippen LogP contribution in [0.15, 0.2) is 60.9 Å². The van der Waals surface area contributed by atoms with Crippen LogP contribution in [0, 0.1) is 5.92 Å². The molecule has 1 fully saturated rings. The third-order valence-electron chi connectivity index (χ3n) is 6.30. The lowest BCUT2D eigenvalue weighted by atomic mass is 10.0. The van der Waals surface area contributed by atoms with Gasteiger partial charge in [-0.25, -0.2) is 14.6 Å². The molecule has 1 aliphatic heterocycles. The molecule has 180 valence electrons. The summed E-state index contributed by atoms with van der Waals surface area (Å²) in [6, 6.07) is 17.5. The Bertz CT molecular complexity index is 1320. The molecular weight excluding hydrogens is 440 g/mol. The van der Waals surface area contributed by atoms with Crippen molar-refractivity contribution in [1.82, 2.24) is 24.6 Å². The Balaban J connectivity index is 1.46. The maximum absolute atomic E-state index is 12.7. The predicted molar refractivity (Wildman–Crippen MR) is 136 cm³/mol. The highest BCUT2D eigenvalue weighted by molar-refractivity contribution is 5.98. The van der Waals surface area contributed by atoms with E-state index in [1.54, 1.807) is 0 Å². The van der Waals surface area contributed by atoms with Gasteiger partial charge in [0.05, 0.1) is 11.4 Å². The second-order valence-corrected chi connectivity index (χ2v) is 9.42. The number of carbonyl (C=O) groups excluding carboxylic acids is 1. The minimum Gasteiger partial charge on any atom is -0.457 e. The monoisotopic (exact) mass is 470 g/mol. The number of benzene rings is 2. The maximum atomic E-state index is 12.7. The van der Waals surface area contributed by atoms with Crippen molar-refractivity contribution in [3.63, 3.8) is 0 Å². The van der Waals surface area contributed by atoms with Crippen LogP contribution in [0.2, 0.25) is 0 Å². The quantitative estimate of drug-likeness (QED) is 0.422. The lowest BCUT2D eigenvalue weighted by Crippen LogP contribution is -2.41. The third-order valence-corrected chi connectivity index (χ3v) is 6.30. The number of aromatic nitrogens is 4. The Morgan fingerprint density at radius 2 is 1.83 bits per heavy atom. The Kier molecular flexibility index (Phi) is 6.35. The van der Waals surface area contributed by atoms with Crippen molar-refractivity contribution in [1.29, 1.82) is 0 Å². The van der Waals surface area contributed by atoms with E-state index < -0.39 is 0 Å².